The molecule has 26 heavy (non-hydrogen) atoms. The maximum atomic E-state index is 12.3. The molecule has 1 aromatic rings. The minimum Gasteiger partial charge on any atom is -0.481 e. The van der Waals surface area contributed by atoms with Crippen LogP contribution in [0.15, 0.2) is 24.3 Å². The largest absolute Gasteiger partial charge is 0.481 e. The first-order valence-corrected chi connectivity index (χ1v) is 9.43. The van der Waals surface area contributed by atoms with Gasteiger partial charge in [-0.1, -0.05) is 25.0 Å². The minimum atomic E-state index is -0.786. The zero-order chi connectivity index (χ0) is 18.5. The average molecular weight is 358 g/mol. The molecule has 3 rings (SSSR count). The molecule has 6 heteroatoms. The second kappa shape index (κ2) is 8.34. The number of aliphatic carboxylic acids is 1. The van der Waals surface area contributed by atoms with Gasteiger partial charge in [0, 0.05) is 24.1 Å². The molecular weight excluding hydrogens is 332 g/mol. The zero-order valence-electron chi connectivity index (χ0n) is 14.9. The third-order valence-corrected chi connectivity index (χ3v) is 5.53. The van der Waals surface area contributed by atoms with E-state index in [0.717, 1.165) is 31.2 Å². The molecule has 0 aliphatic heterocycles. The van der Waals surface area contributed by atoms with Gasteiger partial charge < -0.3 is 15.7 Å². The number of carboxylic acid groups (broad SMARTS) is 1. The molecule has 2 saturated carbocycles. The molecule has 0 radical (unpaired) electrons. The third kappa shape index (κ3) is 4.62. The molecule has 2 aliphatic carbocycles. The van der Waals surface area contributed by atoms with Crippen molar-refractivity contribution in [2.75, 3.05) is 0 Å². The van der Waals surface area contributed by atoms with Gasteiger partial charge in [0.25, 0.3) is 5.91 Å². The molecule has 2 atom stereocenters. The Morgan fingerprint density at radius 2 is 1.65 bits per heavy atom. The predicted octanol–water partition coefficient (Wildman–Crippen LogP) is 2.48. The summed E-state index contributed by atoms with van der Waals surface area (Å²) in [6.07, 6.45) is 6.04. The van der Waals surface area contributed by atoms with Gasteiger partial charge in [-0.05, 0) is 49.8 Å². The molecule has 0 heterocycles. The fourth-order valence-corrected chi connectivity index (χ4v) is 3.90. The second-order valence-corrected chi connectivity index (χ2v) is 7.41. The minimum absolute atomic E-state index is 0.0750. The van der Waals surface area contributed by atoms with Crippen LogP contribution in [-0.4, -0.2) is 28.9 Å². The van der Waals surface area contributed by atoms with E-state index in [1.807, 2.05) is 12.1 Å². The van der Waals surface area contributed by atoms with Crippen molar-refractivity contribution in [1.82, 2.24) is 10.6 Å². The smallest absolute Gasteiger partial charge is 0.306 e. The van der Waals surface area contributed by atoms with Gasteiger partial charge in [-0.2, -0.15) is 0 Å². The molecule has 0 spiro atoms. The highest BCUT2D eigenvalue weighted by Gasteiger charge is 2.30. The normalized spacial score (nSPS) is 22.9. The monoisotopic (exact) mass is 358 g/mol. The standard InChI is InChI=1S/C20H26N2O4/c23-18(14-3-1-2-4-14)21-12-13-5-7-15(8-6-13)19(24)22-17-10-9-16(11-17)20(25)26/h5-8,14,16-17H,1-4,9-12H2,(H,21,23)(H,22,24)(H,25,26)/t16-,17+/m1/s1. The summed E-state index contributed by atoms with van der Waals surface area (Å²) in [5.74, 6) is -1.04. The molecule has 2 fully saturated rings. The molecule has 0 saturated heterocycles. The number of carbonyl (C=O) groups excluding carboxylic acids is 2. The number of nitrogens with one attached hydrogen (secondary N) is 2. The number of carboxylic acids is 1. The van der Waals surface area contributed by atoms with Crippen LogP contribution < -0.4 is 10.6 Å². The summed E-state index contributed by atoms with van der Waals surface area (Å²) in [7, 11) is 0. The van der Waals surface area contributed by atoms with Crippen LogP contribution in [0.5, 0.6) is 0 Å². The molecule has 0 aromatic heterocycles. The van der Waals surface area contributed by atoms with Gasteiger partial charge in [-0.25, -0.2) is 0 Å². The Bertz CT molecular complexity index is 665. The van der Waals surface area contributed by atoms with E-state index < -0.39 is 5.97 Å². The maximum absolute atomic E-state index is 12.3. The second-order valence-electron chi connectivity index (χ2n) is 7.41. The number of rotatable bonds is 6. The molecule has 1 aromatic carbocycles. The van der Waals surface area contributed by atoms with Crippen molar-refractivity contribution in [3.63, 3.8) is 0 Å². The summed E-state index contributed by atoms with van der Waals surface area (Å²) in [5.41, 5.74) is 1.51. The van der Waals surface area contributed by atoms with Crippen LogP contribution >= 0.6 is 0 Å². The molecule has 3 N–H and O–H groups in total. The van der Waals surface area contributed by atoms with Crippen LogP contribution in [0.2, 0.25) is 0 Å². The van der Waals surface area contributed by atoms with Crippen LogP contribution in [0.3, 0.4) is 0 Å². The molecule has 0 unspecified atom stereocenters. The molecule has 6 nitrogen and oxygen atoms in total. The Kier molecular flexibility index (Phi) is 5.91. The fourth-order valence-electron chi connectivity index (χ4n) is 3.90. The van der Waals surface area contributed by atoms with Crippen molar-refractivity contribution >= 4 is 17.8 Å². The summed E-state index contributed by atoms with van der Waals surface area (Å²) in [6.45, 7) is 0.472. The topological polar surface area (TPSA) is 95.5 Å². The Hall–Kier alpha value is -2.37. The van der Waals surface area contributed by atoms with E-state index in [0.29, 0.717) is 31.4 Å². The van der Waals surface area contributed by atoms with E-state index in [-0.39, 0.29) is 29.7 Å². The summed E-state index contributed by atoms with van der Waals surface area (Å²) in [4.78, 5) is 35.3. The number of amides is 2. The Morgan fingerprint density at radius 3 is 2.27 bits per heavy atom. The first-order valence-electron chi connectivity index (χ1n) is 9.43. The van der Waals surface area contributed by atoms with Crippen LogP contribution in [0.25, 0.3) is 0 Å². The lowest BCUT2D eigenvalue weighted by atomic mass is 10.1. The highest BCUT2D eigenvalue weighted by Crippen LogP contribution is 2.26. The maximum Gasteiger partial charge on any atom is 0.306 e. The van der Waals surface area contributed by atoms with Gasteiger partial charge in [0.2, 0.25) is 5.91 Å². The molecule has 2 aliphatic rings. The van der Waals surface area contributed by atoms with Crippen LogP contribution in [0, 0.1) is 11.8 Å². The van der Waals surface area contributed by atoms with Crippen molar-refractivity contribution in [2.24, 2.45) is 11.8 Å². The number of hydrogen-bond acceptors (Lipinski definition) is 3. The van der Waals surface area contributed by atoms with E-state index in [4.69, 9.17) is 5.11 Å². The fraction of sp³-hybridized carbons (Fsp3) is 0.550. The van der Waals surface area contributed by atoms with Crippen molar-refractivity contribution in [1.29, 1.82) is 0 Å². The van der Waals surface area contributed by atoms with E-state index in [2.05, 4.69) is 10.6 Å². The van der Waals surface area contributed by atoms with Crippen molar-refractivity contribution < 1.29 is 19.5 Å². The highest BCUT2D eigenvalue weighted by atomic mass is 16.4. The lowest BCUT2D eigenvalue weighted by Crippen LogP contribution is -2.33. The van der Waals surface area contributed by atoms with Gasteiger partial charge in [0.05, 0.1) is 5.92 Å². The molecular formula is C20H26N2O4. The quantitative estimate of drug-likeness (QED) is 0.728. The third-order valence-electron chi connectivity index (χ3n) is 5.53. The zero-order valence-corrected chi connectivity index (χ0v) is 14.9. The Labute approximate surface area is 153 Å². The van der Waals surface area contributed by atoms with Gasteiger partial charge >= 0.3 is 5.97 Å². The van der Waals surface area contributed by atoms with Gasteiger partial charge in [-0.15, -0.1) is 0 Å². The van der Waals surface area contributed by atoms with Crippen molar-refractivity contribution in [3.05, 3.63) is 35.4 Å². The van der Waals surface area contributed by atoms with E-state index in [9.17, 15) is 14.4 Å². The Morgan fingerprint density at radius 1 is 0.962 bits per heavy atom. The first kappa shape index (κ1) is 18.4. The van der Waals surface area contributed by atoms with Crippen LogP contribution in [0.4, 0.5) is 0 Å². The predicted molar refractivity (Wildman–Crippen MR) is 96.5 cm³/mol. The lowest BCUT2D eigenvalue weighted by Gasteiger charge is -2.13. The van der Waals surface area contributed by atoms with Crippen LogP contribution in [0.1, 0.15) is 60.9 Å². The highest BCUT2D eigenvalue weighted by molar-refractivity contribution is 5.94. The summed E-state index contributed by atoms with van der Waals surface area (Å²) < 4.78 is 0. The molecule has 0 bridgehead atoms. The lowest BCUT2D eigenvalue weighted by molar-refractivity contribution is -0.141. The van der Waals surface area contributed by atoms with E-state index in [1.54, 1.807) is 12.1 Å². The molecule has 140 valence electrons. The molecule has 2 amide bonds. The van der Waals surface area contributed by atoms with Crippen molar-refractivity contribution in [2.45, 2.75) is 57.5 Å². The summed E-state index contributed by atoms with van der Waals surface area (Å²) in [6, 6.07) is 7.11. The number of carbonyl (C=O) groups is 3. The first-order chi connectivity index (χ1) is 12.5. The Balaban J connectivity index is 1.47. The SMILES string of the molecule is O=C(N[C@H]1CC[C@@H](C(=O)O)C1)c1ccc(CNC(=O)C2CCCC2)cc1. The summed E-state index contributed by atoms with van der Waals surface area (Å²) in [5, 5.41) is 14.9. The van der Waals surface area contributed by atoms with Crippen LogP contribution in [-0.2, 0) is 16.1 Å². The number of hydrogen-bond donors (Lipinski definition) is 3. The number of benzene rings is 1. The van der Waals surface area contributed by atoms with Gasteiger partial charge in [-0.3, -0.25) is 14.4 Å². The van der Waals surface area contributed by atoms with Crippen molar-refractivity contribution in [3.8, 4) is 0 Å². The average Bonchev–Trinajstić information content (AvgIpc) is 3.32. The summed E-state index contributed by atoms with van der Waals surface area (Å²) >= 11 is 0. The van der Waals surface area contributed by atoms with E-state index in [1.165, 1.54) is 0 Å². The van der Waals surface area contributed by atoms with E-state index >= 15 is 0 Å². The van der Waals surface area contributed by atoms with Gasteiger partial charge in [0.15, 0.2) is 0 Å². The van der Waals surface area contributed by atoms with Gasteiger partial charge in [0.1, 0.15) is 0 Å².